The zero-order valence-corrected chi connectivity index (χ0v) is 15.7. The monoisotopic (exact) mass is 395 g/mol. The van der Waals surface area contributed by atoms with Crippen molar-refractivity contribution in [2.75, 3.05) is 17.2 Å². The fourth-order valence-electron chi connectivity index (χ4n) is 2.11. The van der Waals surface area contributed by atoms with Gasteiger partial charge in [-0.05, 0) is 48.9 Å². The summed E-state index contributed by atoms with van der Waals surface area (Å²) in [6.07, 6.45) is 0. The molecule has 0 heterocycles. The molecule has 0 saturated carbocycles. The van der Waals surface area contributed by atoms with Gasteiger partial charge in [-0.25, -0.2) is 13.1 Å². The highest BCUT2D eigenvalue weighted by Gasteiger charge is 2.16. The van der Waals surface area contributed by atoms with Crippen LogP contribution in [0.1, 0.15) is 12.5 Å². The topological polar surface area (TPSA) is 104 Å². The molecule has 0 aromatic heterocycles. The molecule has 0 bridgehead atoms. The molecule has 0 unspecified atom stereocenters. The molecule has 3 N–H and O–H groups in total. The third kappa shape index (κ3) is 5.55. The molecule has 0 fully saturated rings. The fourth-order valence-corrected chi connectivity index (χ4v) is 3.30. The highest BCUT2D eigenvalue weighted by atomic mass is 35.5. The summed E-state index contributed by atoms with van der Waals surface area (Å²) in [5, 5.41) is 5.61. The third-order valence-corrected chi connectivity index (χ3v) is 5.15. The molecule has 26 heavy (non-hydrogen) atoms. The second kappa shape index (κ2) is 8.31. The van der Waals surface area contributed by atoms with Gasteiger partial charge < -0.3 is 10.6 Å². The van der Waals surface area contributed by atoms with E-state index in [9.17, 15) is 18.0 Å². The van der Waals surface area contributed by atoms with Crippen LogP contribution in [0.2, 0.25) is 5.02 Å². The lowest BCUT2D eigenvalue weighted by molar-refractivity contribution is -0.115. The van der Waals surface area contributed by atoms with Gasteiger partial charge in [-0.15, -0.1) is 0 Å². The van der Waals surface area contributed by atoms with Crippen LogP contribution in [0, 0.1) is 6.92 Å². The summed E-state index contributed by atoms with van der Waals surface area (Å²) in [5.41, 5.74) is 1.57. The number of rotatable bonds is 6. The quantitative estimate of drug-likeness (QED) is 0.698. The zero-order valence-electron chi connectivity index (χ0n) is 14.2. The second-order valence-corrected chi connectivity index (χ2v) is 7.72. The molecule has 2 aromatic carbocycles. The van der Waals surface area contributed by atoms with Gasteiger partial charge in [0.1, 0.15) is 0 Å². The van der Waals surface area contributed by atoms with E-state index in [-0.39, 0.29) is 10.8 Å². The molecule has 2 rings (SSSR count). The van der Waals surface area contributed by atoms with Gasteiger partial charge in [0.25, 0.3) is 0 Å². The van der Waals surface area contributed by atoms with E-state index < -0.39 is 22.5 Å². The van der Waals surface area contributed by atoms with Crippen LogP contribution < -0.4 is 15.4 Å². The Balaban J connectivity index is 1.99. The maximum absolute atomic E-state index is 12.2. The number of anilines is 2. The molecule has 0 spiro atoms. The molecular formula is C17H18ClN3O4S. The fraction of sp³-hybridized carbons (Fsp3) is 0.176. The lowest BCUT2D eigenvalue weighted by Crippen LogP contribution is -2.33. The first-order valence-corrected chi connectivity index (χ1v) is 9.47. The summed E-state index contributed by atoms with van der Waals surface area (Å²) < 4.78 is 26.7. The predicted molar refractivity (Wildman–Crippen MR) is 101 cm³/mol. The predicted octanol–water partition coefficient (Wildman–Crippen LogP) is 2.52. The Morgan fingerprint density at radius 3 is 2.31 bits per heavy atom. The van der Waals surface area contributed by atoms with Gasteiger partial charge in [-0.3, -0.25) is 9.59 Å². The van der Waals surface area contributed by atoms with Crippen LogP contribution in [0.15, 0.2) is 47.4 Å². The van der Waals surface area contributed by atoms with Crippen LogP contribution in [0.5, 0.6) is 0 Å². The van der Waals surface area contributed by atoms with Crippen LogP contribution in [0.25, 0.3) is 0 Å². The van der Waals surface area contributed by atoms with Gasteiger partial charge >= 0.3 is 0 Å². The Hall–Kier alpha value is -2.42. The van der Waals surface area contributed by atoms with E-state index in [0.29, 0.717) is 22.0 Å². The van der Waals surface area contributed by atoms with E-state index in [1.54, 1.807) is 31.2 Å². The molecule has 9 heteroatoms. The van der Waals surface area contributed by atoms with Gasteiger partial charge in [0.15, 0.2) is 0 Å². The largest absolute Gasteiger partial charge is 0.326 e. The standard InChI is InChI=1S/C17H18ClN3O4S/c1-11-8-15(6-7-16(11)18)26(24,25)19-10-17(23)21-14-5-3-4-13(9-14)20-12(2)22/h3-9,19H,10H2,1-2H3,(H,20,22)(H,21,23). The maximum atomic E-state index is 12.2. The molecular weight excluding hydrogens is 378 g/mol. The number of nitrogens with one attached hydrogen (secondary N) is 3. The summed E-state index contributed by atoms with van der Waals surface area (Å²) >= 11 is 5.89. The van der Waals surface area contributed by atoms with Crippen LogP contribution in [0.4, 0.5) is 11.4 Å². The molecule has 0 aliphatic heterocycles. The van der Waals surface area contributed by atoms with Crippen molar-refractivity contribution in [1.29, 1.82) is 0 Å². The smallest absolute Gasteiger partial charge is 0.241 e. The lowest BCUT2D eigenvalue weighted by Gasteiger charge is -2.10. The summed E-state index contributed by atoms with van der Waals surface area (Å²) in [4.78, 5) is 23.1. The molecule has 2 amide bonds. The van der Waals surface area contributed by atoms with Crippen molar-refractivity contribution in [3.63, 3.8) is 0 Å². The minimum Gasteiger partial charge on any atom is -0.326 e. The number of carbonyl (C=O) groups is 2. The van der Waals surface area contributed by atoms with Gasteiger partial charge in [0.05, 0.1) is 11.4 Å². The van der Waals surface area contributed by atoms with Gasteiger partial charge in [-0.2, -0.15) is 0 Å². The summed E-state index contributed by atoms with van der Waals surface area (Å²) in [6.45, 7) is 2.63. The Kier molecular flexibility index (Phi) is 6.36. The molecule has 0 aliphatic rings. The minimum absolute atomic E-state index is 0.0276. The summed E-state index contributed by atoms with van der Waals surface area (Å²) in [5.74, 6) is -0.779. The lowest BCUT2D eigenvalue weighted by atomic mass is 10.2. The van der Waals surface area contributed by atoms with E-state index in [1.807, 2.05) is 0 Å². The molecule has 0 saturated heterocycles. The highest BCUT2D eigenvalue weighted by molar-refractivity contribution is 7.89. The van der Waals surface area contributed by atoms with Crippen molar-refractivity contribution < 1.29 is 18.0 Å². The minimum atomic E-state index is -3.84. The first-order chi connectivity index (χ1) is 12.2. The van der Waals surface area contributed by atoms with Crippen LogP contribution >= 0.6 is 11.6 Å². The molecule has 0 aliphatic carbocycles. The number of sulfonamides is 1. The van der Waals surface area contributed by atoms with Crippen molar-refractivity contribution in [2.24, 2.45) is 0 Å². The summed E-state index contributed by atoms with van der Waals surface area (Å²) in [7, 11) is -3.84. The van der Waals surface area contributed by atoms with E-state index in [0.717, 1.165) is 0 Å². The van der Waals surface area contributed by atoms with E-state index >= 15 is 0 Å². The number of hydrogen-bond donors (Lipinski definition) is 3. The summed E-state index contributed by atoms with van der Waals surface area (Å²) in [6, 6.07) is 10.8. The molecule has 0 radical (unpaired) electrons. The molecule has 2 aromatic rings. The number of aryl methyl sites for hydroxylation is 1. The van der Waals surface area contributed by atoms with Gasteiger partial charge in [0.2, 0.25) is 21.8 Å². The van der Waals surface area contributed by atoms with Crippen molar-refractivity contribution in [1.82, 2.24) is 4.72 Å². The van der Waals surface area contributed by atoms with Crippen LogP contribution in [-0.4, -0.2) is 26.8 Å². The zero-order chi connectivity index (χ0) is 19.3. The van der Waals surface area contributed by atoms with E-state index in [4.69, 9.17) is 11.6 Å². The van der Waals surface area contributed by atoms with Gasteiger partial charge in [-0.1, -0.05) is 17.7 Å². The average molecular weight is 396 g/mol. The Bertz CT molecular complexity index is 945. The maximum Gasteiger partial charge on any atom is 0.241 e. The van der Waals surface area contributed by atoms with E-state index in [1.165, 1.54) is 25.1 Å². The molecule has 0 atom stereocenters. The number of carbonyl (C=O) groups excluding carboxylic acids is 2. The van der Waals surface area contributed by atoms with Crippen molar-refractivity contribution in [2.45, 2.75) is 18.7 Å². The molecule has 138 valence electrons. The number of amides is 2. The van der Waals surface area contributed by atoms with Crippen LogP contribution in [-0.2, 0) is 19.6 Å². The van der Waals surface area contributed by atoms with Crippen molar-refractivity contribution >= 4 is 44.8 Å². The van der Waals surface area contributed by atoms with Crippen molar-refractivity contribution in [3.8, 4) is 0 Å². The number of hydrogen-bond acceptors (Lipinski definition) is 4. The Morgan fingerprint density at radius 1 is 1.04 bits per heavy atom. The van der Waals surface area contributed by atoms with Crippen LogP contribution in [0.3, 0.4) is 0 Å². The third-order valence-electron chi connectivity index (χ3n) is 3.33. The molecule has 7 nitrogen and oxygen atoms in total. The Labute approximate surface area is 156 Å². The van der Waals surface area contributed by atoms with E-state index in [2.05, 4.69) is 15.4 Å². The highest BCUT2D eigenvalue weighted by Crippen LogP contribution is 2.19. The van der Waals surface area contributed by atoms with Gasteiger partial charge in [0, 0.05) is 23.3 Å². The first-order valence-electron chi connectivity index (χ1n) is 7.61. The normalized spacial score (nSPS) is 11.0. The Morgan fingerprint density at radius 2 is 1.69 bits per heavy atom. The second-order valence-electron chi connectivity index (χ2n) is 5.55. The number of benzene rings is 2. The number of halogens is 1. The van der Waals surface area contributed by atoms with Crippen molar-refractivity contribution in [3.05, 3.63) is 53.1 Å². The SMILES string of the molecule is CC(=O)Nc1cccc(NC(=O)CNS(=O)(=O)c2ccc(Cl)c(C)c2)c1. The average Bonchev–Trinajstić information content (AvgIpc) is 2.55. The first kappa shape index (κ1) is 19.9.